The minimum atomic E-state index is -0.761. The molecule has 1 saturated heterocycles. The summed E-state index contributed by atoms with van der Waals surface area (Å²) in [5, 5.41) is 9.16. The highest BCUT2D eigenvalue weighted by molar-refractivity contribution is 9.10. The van der Waals surface area contributed by atoms with Crippen LogP contribution in [-0.2, 0) is 4.79 Å². The zero-order valence-corrected chi connectivity index (χ0v) is 14.1. The van der Waals surface area contributed by atoms with Gasteiger partial charge in [-0.1, -0.05) is 6.92 Å². The number of nitrogens with zero attached hydrogens (tertiary/aromatic N) is 2. The highest BCUT2D eigenvalue weighted by atomic mass is 79.9. The lowest BCUT2D eigenvalue weighted by Crippen LogP contribution is -2.45. The summed E-state index contributed by atoms with van der Waals surface area (Å²) in [4.78, 5) is 25.6. The predicted molar refractivity (Wildman–Crippen MR) is 83.3 cm³/mol. The van der Waals surface area contributed by atoms with Crippen LogP contribution in [0, 0.1) is 11.8 Å². The van der Waals surface area contributed by atoms with E-state index in [0.29, 0.717) is 25.2 Å². The first-order valence-corrected chi connectivity index (χ1v) is 8.00. The molecule has 0 aromatic carbocycles. The molecule has 1 fully saturated rings. The van der Waals surface area contributed by atoms with Gasteiger partial charge >= 0.3 is 5.97 Å². The van der Waals surface area contributed by atoms with Gasteiger partial charge < -0.3 is 14.6 Å². The Hall–Kier alpha value is -1.30. The van der Waals surface area contributed by atoms with Crippen molar-refractivity contribution in [3.8, 4) is 0 Å². The first-order valence-electron chi connectivity index (χ1n) is 7.20. The molecule has 1 aromatic rings. The Kier molecular flexibility index (Phi) is 4.76. The largest absolute Gasteiger partial charge is 0.481 e. The van der Waals surface area contributed by atoms with E-state index in [0.717, 1.165) is 4.47 Å². The van der Waals surface area contributed by atoms with Crippen LogP contribution in [0.4, 0.5) is 0 Å². The third-order valence-electron chi connectivity index (χ3n) is 4.10. The number of carboxylic acids is 1. The van der Waals surface area contributed by atoms with Gasteiger partial charge in [-0.2, -0.15) is 0 Å². The van der Waals surface area contributed by atoms with Crippen LogP contribution in [0.15, 0.2) is 16.7 Å². The average molecular weight is 357 g/mol. The molecule has 2 heterocycles. The van der Waals surface area contributed by atoms with Crippen molar-refractivity contribution >= 4 is 27.8 Å². The summed E-state index contributed by atoms with van der Waals surface area (Å²) >= 11 is 3.41. The quantitative estimate of drug-likeness (QED) is 0.905. The summed E-state index contributed by atoms with van der Waals surface area (Å²) in [7, 11) is 0. The Balaban J connectivity index is 2.17. The van der Waals surface area contributed by atoms with E-state index < -0.39 is 5.97 Å². The Morgan fingerprint density at radius 3 is 2.62 bits per heavy atom. The van der Waals surface area contributed by atoms with E-state index in [9.17, 15) is 9.59 Å². The molecule has 2 rings (SSSR count). The van der Waals surface area contributed by atoms with E-state index in [1.807, 2.05) is 37.6 Å². The fraction of sp³-hybridized carbons (Fsp3) is 0.600. The number of hydrogen-bond acceptors (Lipinski definition) is 2. The smallest absolute Gasteiger partial charge is 0.306 e. The number of carboxylic acid groups (broad SMARTS) is 1. The summed E-state index contributed by atoms with van der Waals surface area (Å²) in [5.41, 5.74) is 0.651. The summed E-state index contributed by atoms with van der Waals surface area (Å²) in [6, 6.07) is 2.03. The molecule has 21 heavy (non-hydrogen) atoms. The van der Waals surface area contributed by atoms with Crippen LogP contribution in [0.25, 0.3) is 0 Å². The molecule has 2 unspecified atom stereocenters. The highest BCUT2D eigenvalue weighted by Crippen LogP contribution is 2.26. The van der Waals surface area contributed by atoms with Crippen molar-refractivity contribution in [1.82, 2.24) is 9.47 Å². The molecule has 1 aliphatic heterocycles. The molecule has 0 spiro atoms. The maximum atomic E-state index is 12.7. The molecule has 0 bridgehead atoms. The number of amides is 1. The number of rotatable bonds is 3. The van der Waals surface area contributed by atoms with Gasteiger partial charge in [0.15, 0.2) is 0 Å². The van der Waals surface area contributed by atoms with Crippen LogP contribution >= 0.6 is 15.9 Å². The van der Waals surface area contributed by atoms with Crippen LogP contribution in [0.3, 0.4) is 0 Å². The van der Waals surface area contributed by atoms with Gasteiger partial charge in [-0.3, -0.25) is 9.59 Å². The van der Waals surface area contributed by atoms with Crippen molar-refractivity contribution < 1.29 is 14.7 Å². The zero-order chi connectivity index (χ0) is 15.7. The molecule has 5 nitrogen and oxygen atoms in total. The van der Waals surface area contributed by atoms with Gasteiger partial charge in [0.2, 0.25) is 0 Å². The molecule has 0 radical (unpaired) electrons. The van der Waals surface area contributed by atoms with Crippen LogP contribution in [0.5, 0.6) is 0 Å². The summed E-state index contributed by atoms with van der Waals surface area (Å²) < 4.78 is 2.83. The second kappa shape index (κ2) is 6.22. The van der Waals surface area contributed by atoms with Crippen molar-refractivity contribution in [2.45, 2.75) is 33.2 Å². The monoisotopic (exact) mass is 356 g/mol. The van der Waals surface area contributed by atoms with Crippen molar-refractivity contribution in [3.63, 3.8) is 0 Å². The van der Waals surface area contributed by atoms with E-state index in [2.05, 4.69) is 15.9 Å². The summed E-state index contributed by atoms with van der Waals surface area (Å²) in [5.74, 6) is -1.16. The van der Waals surface area contributed by atoms with Crippen molar-refractivity contribution in [3.05, 3.63) is 22.4 Å². The maximum Gasteiger partial charge on any atom is 0.306 e. The van der Waals surface area contributed by atoms with Gasteiger partial charge in [-0.15, -0.1) is 0 Å². The van der Waals surface area contributed by atoms with Gasteiger partial charge in [0, 0.05) is 29.8 Å². The van der Waals surface area contributed by atoms with Gasteiger partial charge in [-0.25, -0.2) is 0 Å². The molecular formula is C15H21BrN2O3. The van der Waals surface area contributed by atoms with E-state index >= 15 is 0 Å². The van der Waals surface area contributed by atoms with Crippen LogP contribution < -0.4 is 0 Å². The molecule has 2 atom stereocenters. The molecule has 1 N–H and O–H groups in total. The van der Waals surface area contributed by atoms with Gasteiger partial charge in [0.25, 0.3) is 5.91 Å². The maximum absolute atomic E-state index is 12.7. The number of aromatic nitrogens is 1. The number of piperidine rings is 1. The molecule has 0 saturated carbocycles. The first kappa shape index (κ1) is 16.1. The lowest BCUT2D eigenvalue weighted by atomic mass is 9.87. The van der Waals surface area contributed by atoms with E-state index in [1.165, 1.54) is 0 Å². The van der Waals surface area contributed by atoms with E-state index in [1.54, 1.807) is 4.90 Å². The fourth-order valence-corrected chi connectivity index (χ4v) is 3.34. The normalized spacial score (nSPS) is 22.6. The lowest BCUT2D eigenvalue weighted by Gasteiger charge is -2.35. The van der Waals surface area contributed by atoms with Crippen molar-refractivity contribution in [2.24, 2.45) is 11.8 Å². The molecule has 1 amide bonds. The second-order valence-corrected chi connectivity index (χ2v) is 6.92. The first-order chi connectivity index (χ1) is 9.81. The Labute approximate surface area is 133 Å². The molecular weight excluding hydrogens is 336 g/mol. The minimum absolute atomic E-state index is 0.0221. The number of hydrogen-bond donors (Lipinski definition) is 1. The minimum Gasteiger partial charge on any atom is -0.481 e. The third-order valence-corrected chi connectivity index (χ3v) is 4.53. The SMILES string of the molecule is CC1CN(C(=O)c2cc(Br)cn2C(C)C)CCC1C(=O)O. The Morgan fingerprint density at radius 1 is 1.43 bits per heavy atom. The van der Waals surface area contributed by atoms with Crippen LogP contribution in [-0.4, -0.2) is 39.5 Å². The lowest BCUT2D eigenvalue weighted by molar-refractivity contribution is -0.145. The van der Waals surface area contributed by atoms with E-state index in [4.69, 9.17) is 5.11 Å². The topological polar surface area (TPSA) is 62.5 Å². The molecule has 1 aliphatic rings. The molecule has 0 aliphatic carbocycles. The standard InChI is InChI=1S/C15H21BrN2O3/c1-9(2)18-8-11(16)6-13(18)14(19)17-5-4-12(15(20)21)10(3)7-17/h6,8-10,12H,4-5,7H2,1-3H3,(H,20,21). The number of aliphatic carboxylic acids is 1. The van der Waals surface area contributed by atoms with Crippen molar-refractivity contribution in [2.75, 3.05) is 13.1 Å². The average Bonchev–Trinajstić information content (AvgIpc) is 2.79. The fourth-order valence-electron chi connectivity index (χ4n) is 2.90. The van der Waals surface area contributed by atoms with Gasteiger partial charge in [0.1, 0.15) is 5.69 Å². The third kappa shape index (κ3) is 3.31. The predicted octanol–water partition coefficient (Wildman–Crippen LogP) is 3.01. The number of carbonyl (C=O) groups excluding carboxylic acids is 1. The van der Waals surface area contributed by atoms with Crippen LogP contribution in [0.2, 0.25) is 0 Å². The van der Waals surface area contributed by atoms with E-state index in [-0.39, 0.29) is 23.8 Å². The Morgan fingerprint density at radius 2 is 2.10 bits per heavy atom. The molecule has 116 valence electrons. The number of halogens is 1. The Bertz CT molecular complexity index is 553. The van der Waals surface area contributed by atoms with Crippen LogP contribution in [0.1, 0.15) is 43.7 Å². The number of carbonyl (C=O) groups is 2. The summed E-state index contributed by atoms with van der Waals surface area (Å²) in [6.45, 7) is 6.96. The van der Waals surface area contributed by atoms with Crippen molar-refractivity contribution in [1.29, 1.82) is 0 Å². The number of likely N-dealkylation sites (tertiary alicyclic amines) is 1. The zero-order valence-electron chi connectivity index (χ0n) is 12.5. The second-order valence-electron chi connectivity index (χ2n) is 6.01. The summed E-state index contributed by atoms with van der Waals surface area (Å²) in [6.07, 6.45) is 2.43. The van der Waals surface area contributed by atoms with Gasteiger partial charge in [-0.05, 0) is 48.2 Å². The van der Waals surface area contributed by atoms with Gasteiger partial charge in [0.05, 0.1) is 5.92 Å². The molecule has 6 heteroatoms. The molecule has 1 aromatic heterocycles. The highest BCUT2D eigenvalue weighted by Gasteiger charge is 2.34.